The highest BCUT2D eigenvalue weighted by Crippen LogP contribution is 2.36. The maximum absolute atomic E-state index is 14.4. The zero-order valence-electron chi connectivity index (χ0n) is 19.5. The van der Waals surface area contributed by atoms with Gasteiger partial charge in [-0.15, -0.1) is 0 Å². The van der Waals surface area contributed by atoms with Crippen LogP contribution in [-0.2, 0) is 11.4 Å². The van der Waals surface area contributed by atoms with Gasteiger partial charge in [0.2, 0.25) is 5.82 Å². The van der Waals surface area contributed by atoms with E-state index in [1.165, 1.54) is 13.0 Å². The Morgan fingerprint density at radius 3 is 2.21 bits per heavy atom. The van der Waals surface area contributed by atoms with Gasteiger partial charge in [0, 0.05) is 16.1 Å². The SMILES string of the molecule is CC1=NN(c2c(F)c(F)c(F)c(F)c2F)C(=O)/C1=C\c1c(OCc2ccccc2Cl)ccc2ccccc12. The lowest BCUT2D eigenvalue weighted by Crippen LogP contribution is -2.25. The van der Waals surface area contributed by atoms with Gasteiger partial charge in [0.25, 0.3) is 5.91 Å². The average Bonchev–Trinajstić information content (AvgIpc) is 3.19. The molecule has 38 heavy (non-hydrogen) atoms. The first-order chi connectivity index (χ1) is 18.2. The van der Waals surface area contributed by atoms with Gasteiger partial charge in [0.05, 0.1) is 11.3 Å². The summed E-state index contributed by atoms with van der Waals surface area (Å²) >= 11 is 6.24. The van der Waals surface area contributed by atoms with Gasteiger partial charge >= 0.3 is 0 Å². The largest absolute Gasteiger partial charge is 0.488 e. The molecule has 0 atom stereocenters. The summed E-state index contributed by atoms with van der Waals surface area (Å²) in [5.41, 5.74) is -0.403. The molecule has 0 spiro atoms. The Morgan fingerprint density at radius 1 is 0.868 bits per heavy atom. The molecule has 4 aromatic carbocycles. The minimum absolute atomic E-state index is 0.00364. The Morgan fingerprint density at radius 2 is 1.50 bits per heavy atom. The number of benzene rings is 4. The highest BCUT2D eigenvalue weighted by molar-refractivity contribution is 6.32. The van der Waals surface area contributed by atoms with Crippen molar-refractivity contribution >= 4 is 45.8 Å². The quantitative estimate of drug-likeness (QED) is 0.113. The van der Waals surface area contributed by atoms with E-state index < -0.39 is 40.7 Å². The smallest absolute Gasteiger partial charge is 0.280 e. The standard InChI is InChI=1S/C28H16ClF5N2O2/c1-14-18(28(37)36(35-14)27-25(33)23(31)22(30)24(32)26(27)34)12-19-17-8-4-2-6-15(17)10-11-21(19)38-13-16-7-3-5-9-20(16)29/h2-12H,13H2,1H3/b18-12-. The van der Waals surface area contributed by atoms with Gasteiger partial charge in [-0.25, -0.2) is 22.0 Å². The van der Waals surface area contributed by atoms with Crippen molar-refractivity contribution < 1.29 is 31.5 Å². The van der Waals surface area contributed by atoms with E-state index in [4.69, 9.17) is 16.3 Å². The van der Waals surface area contributed by atoms with Crippen molar-refractivity contribution in [3.05, 3.63) is 111 Å². The summed E-state index contributed by atoms with van der Waals surface area (Å²) in [5.74, 6) is -11.7. The third-order valence-corrected chi connectivity index (χ3v) is 6.39. The number of carbonyl (C=O) groups is 1. The molecule has 10 heteroatoms. The number of nitrogens with zero attached hydrogens (tertiary/aromatic N) is 2. The average molecular weight is 543 g/mol. The molecule has 1 heterocycles. The second-order valence-electron chi connectivity index (χ2n) is 8.36. The van der Waals surface area contributed by atoms with Crippen molar-refractivity contribution in [3.8, 4) is 5.75 Å². The molecule has 4 nitrogen and oxygen atoms in total. The van der Waals surface area contributed by atoms with Crippen molar-refractivity contribution in [2.75, 3.05) is 5.01 Å². The first-order valence-electron chi connectivity index (χ1n) is 11.2. The summed E-state index contributed by atoms with van der Waals surface area (Å²) in [4.78, 5) is 13.2. The number of hydrogen-bond donors (Lipinski definition) is 0. The van der Waals surface area contributed by atoms with E-state index in [9.17, 15) is 26.7 Å². The molecule has 0 saturated carbocycles. The minimum Gasteiger partial charge on any atom is -0.488 e. The lowest BCUT2D eigenvalue weighted by atomic mass is 9.99. The number of fused-ring (bicyclic) bond motifs is 1. The molecule has 0 aromatic heterocycles. The fourth-order valence-electron chi connectivity index (χ4n) is 4.08. The Kier molecular flexibility index (Phi) is 6.62. The molecule has 1 aliphatic heterocycles. The molecule has 0 saturated heterocycles. The first kappa shape index (κ1) is 25.4. The van der Waals surface area contributed by atoms with Gasteiger partial charge in [-0.1, -0.05) is 60.1 Å². The summed E-state index contributed by atoms with van der Waals surface area (Å²) in [5, 5.41) is 5.97. The minimum atomic E-state index is -2.33. The molecule has 0 aliphatic carbocycles. The Balaban J connectivity index is 1.60. The monoisotopic (exact) mass is 542 g/mol. The van der Waals surface area contributed by atoms with Crippen LogP contribution in [0.2, 0.25) is 5.02 Å². The normalized spacial score (nSPS) is 14.5. The highest BCUT2D eigenvalue weighted by atomic mass is 35.5. The van der Waals surface area contributed by atoms with Gasteiger partial charge < -0.3 is 4.74 Å². The van der Waals surface area contributed by atoms with E-state index in [-0.39, 0.29) is 22.9 Å². The Hall–Kier alpha value is -4.24. The number of carbonyl (C=O) groups excluding carboxylic acids is 1. The van der Waals surface area contributed by atoms with Gasteiger partial charge in [-0.3, -0.25) is 4.79 Å². The molecule has 5 rings (SSSR count). The summed E-state index contributed by atoms with van der Waals surface area (Å²) in [6, 6.07) is 17.8. The lowest BCUT2D eigenvalue weighted by molar-refractivity contribution is -0.114. The van der Waals surface area contributed by atoms with Gasteiger partial charge in [0.15, 0.2) is 23.3 Å². The number of anilines is 1. The Labute approximate surface area is 218 Å². The molecule has 4 aromatic rings. The van der Waals surface area contributed by atoms with E-state index in [1.54, 1.807) is 42.5 Å². The zero-order valence-corrected chi connectivity index (χ0v) is 20.3. The first-order valence-corrected chi connectivity index (χ1v) is 11.6. The van der Waals surface area contributed by atoms with Gasteiger partial charge in [-0.2, -0.15) is 10.1 Å². The van der Waals surface area contributed by atoms with E-state index in [0.717, 1.165) is 5.39 Å². The molecule has 192 valence electrons. The van der Waals surface area contributed by atoms with Crippen LogP contribution in [0.3, 0.4) is 0 Å². The molecule has 1 amide bonds. The van der Waals surface area contributed by atoms with Crippen LogP contribution in [0.15, 0.2) is 71.3 Å². The predicted molar refractivity (Wildman–Crippen MR) is 135 cm³/mol. The van der Waals surface area contributed by atoms with Gasteiger partial charge in [-0.05, 0) is 35.9 Å². The van der Waals surface area contributed by atoms with Crippen molar-refractivity contribution in [3.63, 3.8) is 0 Å². The molecule has 0 N–H and O–H groups in total. The fourth-order valence-corrected chi connectivity index (χ4v) is 4.27. The lowest BCUT2D eigenvalue weighted by Gasteiger charge is -2.15. The number of ether oxygens (including phenoxy) is 1. The third-order valence-electron chi connectivity index (χ3n) is 6.02. The second kappa shape index (κ2) is 9.90. The van der Waals surface area contributed by atoms with Crippen LogP contribution in [0, 0.1) is 29.1 Å². The van der Waals surface area contributed by atoms with Crippen LogP contribution in [0.5, 0.6) is 5.75 Å². The Bertz CT molecular complexity index is 1660. The summed E-state index contributed by atoms with van der Waals surface area (Å²) in [6.07, 6.45) is 1.41. The van der Waals surface area contributed by atoms with Crippen molar-refractivity contribution in [2.24, 2.45) is 5.10 Å². The topological polar surface area (TPSA) is 41.9 Å². The molecular weight excluding hydrogens is 527 g/mol. The maximum Gasteiger partial charge on any atom is 0.280 e. The predicted octanol–water partition coefficient (Wildman–Crippen LogP) is 7.57. The van der Waals surface area contributed by atoms with Crippen LogP contribution in [0.4, 0.5) is 27.6 Å². The van der Waals surface area contributed by atoms with Crippen LogP contribution < -0.4 is 9.75 Å². The molecular formula is C28H16ClF5N2O2. The van der Waals surface area contributed by atoms with Gasteiger partial charge in [0.1, 0.15) is 18.0 Å². The van der Waals surface area contributed by atoms with E-state index >= 15 is 0 Å². The van der Waals surface area contributed by atoms with E-state index in [0.29, 0.717) is 27.3 Å². The second-order valence-corrected chi connectivity index (χ2v) is 8.76. The van der Waals surface area contributed by atoms with Crippen molar-refractivity contribution in [1.29, 1.82) is 0 Å². The summed E-state index contributed by atoms with van der Waals surface area (Å²) in [7, 11) is 0. The fraction of sp³-hybridized carbons (Fsp3) is 0.0714. The number of rotatable bonds is 5. The number of amides is 1. The van der Waals surface area contributed by atoms with Crippen LogP contribution in [-0.4, -0.2) is 11.6 Å². The van der Waals surface area contributed by atoms with Crippen LogP contribution in [0.1, 0.15) is 18.1 Å². The van der Waals surface area contributed by atoms with E-state index in [2.05, 4.69) is 5.10 Å². The van der Waals surface area contributed by atoms with Crippen LogP contribution in [0.25, 0.3) is 16.8 Å². The molecule has 0 bridgehead atoms. The number of hydrogen-bond acceptors (Lipinski definition) is 3. The summed E-state index contributed by atoms with van der Waals surface area (Å²) in [6.45, 7) is 1.48. The molecule has 0 unspecified atom stereocenters. The zero-order chi connectivity index (χ0) is 27.1. The molecule has 1 aliphatic rings. The number of halogens is 6. The number of hydrazone groups is 1. The maximum atomic E-state index is 14.4. The highest BCUT2D eigenvalue weighted by Gasteiger charge is 2.37. The molecule has 0 fully saturated rings. The third kappa shape index (κ3) is 4.28. The van der Waals surface area contributed by atoms with Crippen molar-refractivity contribution in [1.82, 2.24) is 0 Å². The molecule has 0 radical (unpaired) electrons. The van der Waals surface area contributed by atoms with Crippen LogP contribution >= 0.6 is 11.6 Å². The van der Waals surface area contributed by atoms with Crippen molar-refractivity contribution in [2.45, 2.75) is 13.5 Å². The summed E-state index contributed by atoms with van der Waals surface area (Å²) < 4.78 is 76.1. The van der Waals surface area contributed by atoms with E-state index in [1.807, 2.05) is 18.2 Å².